The van der Waals surface area contributed by atoms with E-state index in [0.29, 0.717) is 89.9 Å². The standard InChI is InChI=1S/C23H19N4O4.C18H15N2O2.C17H13N2O2.C10H9BrN2O.C10H7BrN2.C8H9O2.C7H6BrNO.C3H3N.4W/c1-15-3-4-19(21(9-15)30-8-7-26-6-5-22(28)25-23(26)29)31-20-10-16(2)13-27-14-17(12-24)11-18(20)27;1-12-4-5-16(18(6-12)21-3)22-17-7-13(2)10-20-11-14(9-19)8-15(17)20;1-11-3-4-16(15(20)5-11)21-17-6-12(2)9-19-10-13(8-18)7-14(17)19;1-6-3-8(11)9(13-5-6)10(14)7(2)4-12;1-7-2-9(11)10-3-8(4-12)6-13(10)5-7;1-6-3-4-7(9)8(5-6)10-2;1-5-2-6(8)7(4-10)9-3-5;1-2-3-4;;;;/h4-6,9-11,13-14H,7-8H2,1-2H3,(H,25,28,29);5-8,10-11H,1-3H3;4-7,9-10,20H,1-2H3;3,5,10,14H,2H2,1H3;2-3,5-6H,1H3;4-5,9H,1-2H3;2-4H,1H3;2H,1H2;;;;/q3*-1;;;-1;;;;;;. The molecule has 33 heteroatoms. The SMILES string of the molecule is C=C(C#N)C(O)c1ncc(C)cc1Br.C=CC#N.COc1cc(C)[c-]cc1O.COc1cc(C)[c-]cc1Oc1cc(C)cn2cc(C#N)cc12.Cc1[c-]cc(Oc2cc(C)cn3cc(C#N)cc23)c(O)c1.Cc1[c-]cc(Oc2cc(C)cn3cc(C#N)cc23)c(OCCn2ccc(=O)[nH]c2=O)c1.Cc1cc(Br)c2cc(C#N)cn2c1.Cc1cnc(C=O)c(Br)c1.[W].[W].[W].[W]. The number of halogens is 3. The molecule has 0 radical (unpaired) electrons. The van der Waals surface area contributed by atoms with Crippen LogP contribution in [-0.4, -0.2) is 79.6 Å². The molecule has 0 aliphatic rings. The van der Waals surface area contributed by atoms with Crippen molar-refractivity contribution >= 4 is 76.1 Å². The van der Waals surface area contributed by atoms with Crippen molar-refractivity contribution in [2.75, 3.05) is 20.8 Å². The fourth-order valence-corrected chi connectivity index (χ4v) is 13.4. The molecule has 0 saturated heterocycles. The Balaban J connectivity index is 0.000000322. The molecule has 0 aliphatic heterocycles. The van der Waals surface area contributed by atoms with Crippen molar-refractivity contribution in [3.8, 4) is 99.7 Å². The van der Waals surface area contributed by atoms with Crippen LogP contribution in [0.4, 0.5) is 0 Å². The van der Waals surface area contributed by atoms with Crippen LogP contribution in [0.3, 0.4) is 0 Å². The Morgan fingerprint density at radius 3 is 1.29 bits per heavy atom. The van der Waals surface area contributed by atoms with Gasteiger partial charge >= 0.3 is 5.69 Å². The van der Waals surface area contributed by atoms with E-state index in [0.717, 1.165) is 87.4 Å². The van der Waals surface area contributed by atoms with Crippen molar-refractivity contribution in [2.24, 2.45) is 0 Å². The van der Waals surface area contributed by atoms with Gasteiger partial charge in [-0.15, -0.1) is 48.5 Å². The van der Waals surface area contributed by atoms with E-state index in [1.165, 1.54) is 41.6 Å². The molecule has 0 spiro atoms. The number of nitrogens with zero attached hydrogens (tertiary/aromatic N) is 13. The number of hydrogen-bond acceptors (Lipinski definition) is 20. The van der Waals surface area contributed by atoms with Gasteiger partial charge in [-0.25, -0.2) is 4.79 Å². The van der Waals surface area contributed by atoms with E-state index < -0.39 is 17.4 Å². The van der Waals surface area contributed by atoms with Crippen molar-refractivity contribution in [1.82, 2.24) is 37.1 Å². The first-order chi connectivity index (χ1) is 59.7. The van der Waals surface area contributed by atoms with Crippen LogP contribution in [0.1, 0.15) is 100 Å². The van der Waals surface area contributed by atoms with E-state index in [4.69, 9.17) is 59.8 Å². The molecule has 15 aromatic rings. The molecule has 26 nitrogen and oxygen atoms in total. The van der Waals surface area contributed by atoms with Crippen LogP contribution in [0.25, 0.3) is 22.1 Å². The van der Waals surface area contributed by atoms with Crippen molar-refractivity contribution in [1.29, 1.82) is 31.6 Å². The van der Waals surface area contributed by atoms with Gasteiger partial charge in [-0.2, -0.15) is 78.1 Å². The maximum Gasteiger partial charge on any atom is 0.328 e. The van der Waals surface area contributed by atoms with Crippen LogP contribution in [0.15, 0.2) is 231 Å². The molecule has 11 heterocycles. The van der Waals surface area contributed by atoms with Gasteiger partial charge in [0.15, 0.2) is 6.29 Å². The summed E-state index contributed by atoms with van der Waals surface area (Å²) in [5.41, 5.74) is 15.6. The van der Waals surface area contributed by atoms with E-state index >= 15 is 0 Å². The molecule has 11 aromatic heterocycles. The number of benzene rings is 4. The fourth-order valence-electron chi connectivity index (χ4n) is 11.5. The van der Waals surface area contributed by atoms with Gasteiger partial charge in [0.1, 0.15) is 59.9 Å². The zero-order chi connectivity index (χ0) is 91.3. The molecule has 1 atom stereocenters. The zero-order valence-electron chi connectivity index (χ0n) is 71.5. The Kier molecular flexibility index (Phi) is 44.5. The normalized spacial score (nSPS) is 9.97. The smallest absolute Gasteiger partial charge is 0.328 e. The zero-order valence-corrected chi connectivity index (χ0v) is 88.0. The molecule has 0 fully saturated rings. The van der Waals surface area contributed by atoms with E-state index in [9.17, 15) is 29.9 Å². The summed E-state index contributed by atoms with van der Waals surface area (Å²) >= 11 is 9.95. The maximum atomic E-state index is 11.8. The molecule has 656 valence electrons. The quantitative estimate of drug-likeness (QED) is 0.0421. The third-order valence-corrected chi connectivity index (χ3v) is 19.3. The van der Waals surface area contributed by atoms with Crippen LogP contribution in [0.2, 0.25) is 0 Å². The summed E-state index contributed by atoms with van der Waals surface area (Å²) < 4.78 is 45.5. The van der Waals surface area contributed by atoms with Gasteiger partial charge in [-0.3, -0.25) is 29.1 Å². The van der Waals surface area contributed by atoms with Crippen molar-refractivity contribution in [3.05, 3.63) is 356 Å². The summed E-state index contributed by atoms with van der Waals surface area (Å²) in [4.78, 5) is 43.4. The minimum absolute atomic E-state index is 0. The molecule has 4 aromatic carbocycles. The summed E-state index contributed by atoms with van der Waals surface area (Å²) in [7, 11) is 3.13. The number of H-pyrrole nitrogens is 1. The number of aryl methyl sites for hydroxylation is 10. The molecule has 0 aliphatic carbocycles. The van der Waals surface area contributed by atoms with Gasteiger partial charge in [0.2, 0.25) is 0 Å². The number of fused-ring (bicyclic) bond motifs is 4. The number of phenols is 2. The number of phenolic OH excluding ortho intramolecular Hbond substituents is 2. The number of carbonyl (C=O) groups excluding carboxylic acids is 1. The number of aldehydes is 1. The van der Waals surface area contributed by atoms with Crippen molar-refractivity contribution in [2.45, 2.75) is 81.9 Å². The van der Waals surface area contributed by atoms with Crippen molar-refractivity contribution < 1.29 is 133 Å². The fraction of sp³-hybridized carbons (Fsp3) is 0.156. The number of aromatic hydroxyl groups is 2. The number of nitriles is 6. The van der Waals surface area contributed by atoms with Gasteiger partial charge in [0.25, 0.3) is 5.56 Å². The third kappa shape index (κ3) is 31.5. The number of aliphatic hydroxyl groups excluding tert-OH is 1. The Bertz CT molecular complexity index is 6900. The molecular formula is C96H81Br3N14O12W4-4. The van der Waals surface area contributed by atoms with Crippen LogP contribution >= 0.6 is 47.8 Å². The molecular weight excluding hydrogens is 2520 g/mol. The minimum atomic E-state index is -1.03. The number of methoxy groups -OCH3 is 2. The summed E-state index contributed by atoms with van der Waals surface area (Å²) in [5.74, 6) is 5.10. The predicted octanol–water partition coefficient (Wildman–Crippen LogP) is 20.0. The number of aromatic amines is 1. The average molecular weight is 2600 g/mol. The van der Waals surface area contributed by atoms with Gasteiger partial charge in [-0.1, -0.05) is 40.9 Å². The number of aromatic nitrogens is 8. The first-order valence-corrected chi connectivity index (χ1v) is 39.9. The second-order valence-electron chi connectivity index (χ2n) is 27.6. The molecule has 1 unspecified atom stereocenters. The van der Waals surface area contributed by atoms with E-state index in [1.54, 1.807) is 105 Å². The van der Waals surface area contributed by atoms with E-state index in [2.05, 4.69) is 124 Å². The summed E-state index contributed by atoms with van der Waals surface area (Å²) in [5, 5.41) is 80.8. The molecule has 129 heavy (non-hydrogen) atoms. The third-order valence-electron chi connectivity index (χ3n) is 17.4. The number of rotatable bonds is 15. The number of pyridine rings is 6. The van der Waals surface area contributed by atoms with E-state index in [-0.39, 0.29) is 114 Å². The van der Waals surface area contributed by atoms with Crippen LogP contribution < -0.4 is 39.7 Å². The number of hydrogen-bond donors (Lipinski definition) is 4. The second kappa shape index (κ2) is 52.7. The Labute approximate surface area is 828 Å². The summed E-state index contributed by atoms with van der Waals surface area (Å²) in [6, 6.07) is 57.5. The van der Waals surface area contributed by atoms with Gasteiger partial charge in [0, 0.05) is 189 Å². The summed E-state index contributed by atoms with van der Waals surface area (Å²) in [6.45, 7) is 26.3. The van der Waals surface area contributed by atoms with E-state index in [1.807, 2.05) is 166 Å². The number of carbonyl (C=O) groups is 1. The van der Waals surface area contributed by atoms with Gasteiger partial charge in [0.05, 0.1) is 123 Å². The molecule has 15 rings (SSSR count). The first kappa shape index (κ1) is 109. The van der Waals surface area contributed by atoms with Crippen LogP contribution in [-0.2, 0) is 90.8 Å². The number of aliphatic hydroxyl groups is 1. The number of allylic oxidation sites excluding steroid dienone is 1. The van der Waals surface area contributed by atoms with Crippen LogP contribution in [0, 0.1) is 161 Å². The van der Waals surface area contributed by atoms with Gasteiger partial charge in [-0.05, 0) is 183 Å². The second-order valence-corrected chi connectivity index (χ2v) is 30.1. The first-order valence-electron chi connectivity index (χ1n) is 37.5. The average Bonchev–Trinajstić information content (AvgIpc) is 1.61. The Morgan fingerprint density at radius 1 is 0.488 bits per heavy atom. The number of ether oxygens (including phenoxy) is 6. The van der Waals surface area contributed by atoms with Gasteiger partial charge < -0.3 is 61.3 Å². The Hall–Kier alpha value is -12.5. The maximum absolute atomic E-state index is 11.8. The minimum Gasteiger partial charge on any atom is -0.562 e. The molecule has 4 N–H and O–H groups in total. The molecule has 0 saturated carbocycles. The van der Waals surface area contributed by atoms with Crippen molar-refractivity contribution in [3.63, 3.8) is 0 Å². The molecule has 0 amide bonds. The number of nitrogens with one attached hydrogen (secondary N) is 1. The monoisotopic (exact) mass is 2590 g/mol. The Morgan fingerprint density at radius 2 is 0.876 bits per heavy atom. The topological polar surface area (TPSA) is 374 Å². The molecule has 0 bridgehead atoms. The van der Waals surface area contributed by atoms with Crippen LogP contribution in [0.5, 0.6) is 63.2 Å². The predicted molar refractivity (Wildman–Crippen MR) is 483 cm³/mol. The largest absolute Gasteiger partial charge is 0.562 e. The summed E-state index contributed by atoms with van der Waals surface area (Å²) in [6.07, 6.45) is 20.5.